The molecule has 1 amide bonds. The summed E-state index contributed by atoms with van der Waals surface area (Å²) < 4.78 is 10.9. The first kappa shape index (κ1) is 16.6. The quantitative estimate of drug-likeness (QED) is 0.821. The molecule has 5 heteroatoms. The predicted octanol–water partition coefficient (Wildman–Crippen LogP) is 2.61. The molecule has 0 aromatic heterocycles. The Morgan fingerprint density at radius 3 is 2.82 bits per heavy atom. The number of amides is 1. The van der Waals surface area contributed by atoms with Crippen LogP contribution in [0.15, 0.2) is 24.3 Å². The van der Waals surface area contributed by atoms with Crippen LogP contribution in [0.2, 0.25) is 0 Å². The zero-order valence-corrected chi connectivity index (χ0v) is 13.5. The molecule has 0 bridgehead atoms. The van der Waals surface area contributed by atoms with E-state index >= 15 is 0 Å². The standard InChI is InChI=1S/C17H25NO4/c1-16(2,3)22-15(20)18-10-6-9-17(11-19)12-21-14-8-5-4-7-13(14)17/h4-5,7-8,19H,6,9-12H2,1-3H3,(H,18,20)/t17-/m0/s1. The first-order chi connectivity index (χ1) is 10.4. The molecular formula is C17H25NO4. The van der Waals surface area contributed by atoms with Crippen molar-refractivity contribution in [3.05, 3.63) is 29.8 Å². The highest BCUT2D eigenvalue weighted by atomic mass is 16.6. The van der Waals surface area contributed by atoms with Crippen molar-refractivity contribution in [3.8, 4) is 5.75 Å². The minimum Gasteiger partial charge on any atom is -0.492 e. The van der Waals surface area contributed by atoms with Gasteiger partial charge >= 0.3 is 6.09 Å². The Balaban J connectivity index is 1.85. The number of ether oxygens (including phenoxy) is 2. The van der Waals surface area contributed by atoms with Crippen LogP contribution >= 0.6 is 0 Å². The van der Waals surface area contributed by atoms with Crippen LogP contribution in [0.1, 0.15) is 39.2 Å². The summed E-state index contributed by atoms with van der Waals surface area (Å²) >= 11 is 0. The second-order valence-electron chi connectivity index (χ2n) is 6.76. The summed E-state index contributed by atoms with van der Waals surface area (Å²) in [6.07, 6.45) is 1.09. The molecule has 1 aromatic rings. The maximum absolute atomic E-state index is 11.6. The number of para-hydroxylation sites is 1. The van der Waals surface area contributed by atoms with Crippen molar-refractivity contribution < 1.29 is 19.4 Å². The van der Waals surface area contributed by atoms with Gasteiger partial charge in [0.15, 0.2) is 0 Å². The number of nitrogens with one attached hydrogen (secondary N) is 1. The summed E-state index contributed by atoms with van der Waals surface area (Å²) in [7, 11) is 0. The Morgan fingerprint density at radius 2 is 2.14 bits per heavy atom. The van der Waals surface area contributed by atoms with Crippen LogP contribution in [0.25, 0.3) is 0 Å². The van der Waals surface area contributed by atoms with E-state index in [9.17, 15) is 9.90 Å². The van der Waals surface area contributed by atoms with Gasteiger partial charge in [-0.25, -0.2) is 4.79 Å². The van der Waals surface area contributed by atoms with Crippen molar-refractivity contribution in [1.82, 2.24) is 5.32 Å². The number of alkyl carbamates (subject to hydrolysis) is 1. The Bertz CT molecular complexity index is 524. The van der Waals surface area contributed by atoms with E-state index < -0.39 is 11.7 Å². The molecule has 1 aliphatic rings. The van der Waals surface area contributed by atoms with Gasteiger partial charge in [-0.1, -0.05) is 18.2 Å². The molecule has 0 aliphatic carbocycles. The molecule has 0 fully saturated rings. The highest BCUT2D eigenvalue weighted by Gasteiger charge is 2.39. The van der Waals surface area contributed by atoms with Gasteiger partial charge in [-0.2, -0.15) is 0 Å². The molecule has 1 atom stereocenters. The molecule has 1 aliphatic heterocycles. The van der Waals surface area contributed by atoms with Gasteiger partial charge in [-0.05, 0) is 39.7 Å². The second-order valence-corrected chi connectivity index (χ2v) is 6.76. The van der Waals surface area contributed by atoms with E-state index in [0.717, 1.165) is 24.2 Å². The summed E-state index contributed by atoms with van der Waals surface area (Å²) in [4.78, 5) is 11.6. The van der Waals surface area contributed by atoms with Gasteiger partial charge in [0.25, 0.3) is 0 Å². The number of fused-ring (bicyclic) bond motifs is 1. The van der Waals surface area contributed by atoms with Crippen LogP contribution in [0.3, 0.4) is 0 Å². The van der Waals surface area contributed by atoms with Gasteiger partial charge < -0.3 is 19.9 Å². The highest BCUT2D eigenvalue weighted by Crippen LogP contribution is 2.41. The normalized spacial score (nSPS) is 20.2. The summed E-state index contributed by atoms with van der Waals surface area (Å²) in [6.45, 7) is 6.53. The zero-order valence-electron chi connectivity index (χ0n) is 13.5. The minimum absolute atomic E-state index is 0.0381. The fourth-order valence-electron chi connectivity index (χ4n) is 2.67. The van der Waals surface area contributed by atoms with Gasteiger partial charge in [0.05, 0.1) is 12.0 Å². The van der Waals surface area contributed by atoms with Crippen LogP contribution in [0.4, 0.5) is 4.79 Å². The van der Waals surface area contributed by atoms with Crippen LogP contribution in [0.5, 0.6) is 5.75 Å². The molecule has 0 unspecified atom stereocenters. The molecule has 0 saturated heterocycles. The number of rotatable bonds is 5. The maximum Gasteiger partial charge on any atom is 0.407 e. The molecule has 0 spiro atoms. The molecule has 0 radical (unpaired) electrons. The average molecular weight is 307 g/mol. The number of carbonyl (C=O) groups excluding carboxylic acids is 1. The predicted molar refractivity (Wildman–Crippen MR) is 84.2 cm³/mol. The Morgan fingerprint density at radius 1 is 1.41 bits per heavy atom. The van der Waals surface area contributed by atoms with Crippen molar-refractivity contribution in [2.45, 2.75) is 44.6 Å². The number of aliphatic hydroxyl groups is 1. The van der Waals surface area contributed by atoms with Gasteiger partial charge in [0.1, 0.15) is 18.0 Å². The van der Waals surface area contributed by atoms with E-state index in [1.807, 2.05) is 45.0 Å². The van der Waals surface area contributed by atoms with Gasteiger partial charge in [0, 0.05) is 12.1 Å². The molecule has 5 nitrogen and oxygen atoms in total. The first-order valence-electron chi connectivity index (χ1n) is 7.66. The van der Waals surface area contributed by atoms with Crippen LogP contribution in [-0.4, -0.2) is 36.6 Å². The molecule has 22 heavy (non-hydrogen) atoms. The zero-order chi connectivity index (χ0) is 16.2. The molecule has 2 rings (SSSR count). The third-order valence-electron chi connectivity index (χ3n) is 3.77. The van der Waals surface area contributed by atoms with Crippen molar-refractivity contribution >= 4 is 6.09 Å². The maximum atomic E-state index is 11.6. The van der Waals surface area contributed by atoms with E-state index in [-0.39, 0.29) is 12.0 Å². The molecular weight excluding hydrogens is 282 g/mol. The summed E-state index contributed by atoms with van der Waals surface area (Å²) in [5, 5.41) is 12.6. The van der Waals surface area contributed by atoms with E-state index in [1.165, 1.54) is 0 Å². The van der Waals surface area contributed by atoms with Crippen molar-refractivity contribution in [3.63, 3.8) is 0 Å². The third kappa shape index (κ3) is 3.91. The van der Waals surface area contributed by atoms with Gasteiger partial charge in [-0.15, -0.1) is 0 Å². The Labute approximate surface area is 131 Å². The summed E-state index contributed by atoms with van der Waals surface area (Å²) in [5.74, 6) is 0.844. The highest BCUT2D eigenvalue weighted by molar-refractivity contribution is 5.67. The lowest BCUT2D eigenvalue weighted by Gasteiger charge is -2.25. The van der Waals surface area contributed by atoms with Gasteiger partial charge in [-0.3, -0.25) is 0 Å². The van der Waals surface area contributed by atoms with Crippen LogP contribution in [-0.2, 0) is 10.2 Å². The summed E-state index contributed by atoms with van der Waals surface area (Å²) in [5.41, 5.74) is 0.190. The molecule has 1 heterocycles. The van der Waals surface area contributed by atoms with Crippen molar-refractivity contribution in [1.29, 1.82) is 0 Å². The van der Waals surface area contributed by atoms with E-state index in [4.69, 9.17) is 9.47 Å². The first-order valence-corrected chi connectivity index (χ1v) is 7.66. The van der Waals surface area contributed by atoms with Crippen molar-refractivity contribution in [2.75, 3.05) is 19.8 Å². The molecule has 1 aromatic carbocycles. The lowest BCUT2D eigenvalue weighted by atomic mass is 9.79. The topological polar surface area (TPSA) is 67.8 Å². The molecule has 2 N–H and O–H groups in total. The fourth-order valence-corrected chi connectivity index (χ4v) is 2.67. The van der Waals surface area contributed by atoms with E-state index in [0.29, 0.717) is 13.2 Å². The number of hydrogen-bond donors (Lipinski definition) is 2. The average Bonchev–Trinajstić information content (AvgIpc) is 2.82. The summed E-state index contributed by atoms with van der Waals surface area (Å²) in [6, 6.07) is 7.80. The van der Waals surface area contributed by atoms with E-state index in [1.54, 1.807) is 0 Å². The minimum atomic E-state index is -0.491. The number of benzene rings is 1. The van der Waals surface area contributed by atoms with Crippen LogP contribution in [0, 0.1) is 0 Å². The Kier molecular flexibility index (Phi) is 4.96. The fraction of sp³-hybridized carbons (Fsp3) is 0.588. The smallest absolute Gasteiger partial charge is 0.407 e. The van der Waals surface area contributed by atoms with Gasteiger partial charge in [0.2, 0.25) is 0 Å². The monoisotopic (exact) mass is 307 g/mol. The number of hydrogen-bond acceptors (Lipinski definition) is 4. The van der Waals surface area contributed by atoms with E-state index in [2.05, 4.69) is 5.32 Å². The SMILES string of the molecule is CC(C)(C)OC(=O)NCCC[C@]1(CO)COc2ccccc21. The van der Waals surface area contributed by atoms with Crippen LogP contribution < -0.4 is 10.1 Å². The number of carbonyl (C=O) groups is 1. The largest absolute Gasteiger partial charge is 0.492 e. The third-order valence-corrected chi connectivity index (χ3v) is 3.77. The second kappa shape index (κ2) is 6.57. The lowest BCUT2D eigenvalue weighted by molar-refractivity contribution is 0.0525. The molecule has 0 saturated carbocycles. The van der Waals surface area contributed by atoms with Crippen molar-refractivity contribution in [2.24, 2.45) is 0 Å². The number of aliphatic hydroxyl groups excluding tert-OH is 1. The Hall–Kier alpha value is -1.75. The lowest BCUT2D eigenvalue weighted by Crippen LogP contribution is -2.36. The molecule has 122 valence electrons.